The highest BCUT2D eigenvalue weighted by Gasteiger charge is 2.74. The molecule has 7 nitrogen and oxygen atoms in total. The van der Waals surface area contributed by atoms with Crippen molar-refractivity contribution in [2.45, 2.75) is 24.1 Å². The Morgan fingerprint density at radius 2 is 2.04 bits per heavy atom. The van der Waals surface area contributed by atoms with E-state index in [1.807, 2.05) is 4.90 Å². The van der Waals surface area contributed by atoms with Gasteiger partial charge in [-0.1, -0.05) is 11.6 Å². The molecule has 0 bridgehead atoms. The van der Waals surface area contributed by atoms with Crippen LogP contribution in [0.2, 0.25) is 5.02 Å². The van der Waals surface area contributed by atoms with Gasteiger partial charge in [0.25, 0.3) is 0 Å². The number of likely N-dealkylation sites (tertiary alicyclic amines) is 1. The van der Waals surface area contributed by atoms with Gasteiger partial charge >= 0.3 is 0 Å². The van der Waals surface area contributed by atoms with E-state index in [2.05, 4.69) is 5.32 Å². The van der Waals surface area contributed by atoms with E-state index in [4.69, 9.17) is 11.6 Å². The van der Waals surface area contributed by atoms with Gasteiger partial charge in [-0.25, -0.2) is 0 Å². The molecular formula is C17H16ClN3O4. The van der Waals surface area contributed by atoms with E-state index < -0.39 is 23.5 Å². The van der Waals surface area contributed by atoms with Crippen LogP contribution in [0, 0.1) is 11.8 Å². The summed E-state index contributed by atoms with van der Waals surface area (Å²) in [6.45, 7) is 0.251. The lowest BCUT2D eigenvalue weighted by molar-refractivity contribution is -0.144. The Morgan fingerprint density at radius 3 is 2.80 bits per heavy atom. The number of carbonyl (C=O) groups excluding carboxylic acids is 3. The van der Waals surface area contributed by atoms with Crippen LogP contribution < -0.4 is 5.32 Å². The third kappa shape index (κ3) is 1.57. The predicted octanol–water partition coefficient (Wildman–Crippen LogP) is 0.167. The van der Waals surface area contributed by atoms with Gasteiger partial charge in [0.05, 0.1) is 17.9 Å². The van der Waals surface area contributed by atoms with Crippen molar-refractivity contribution in [1.82, 2.24) is 9.80 Å². The van der Waals surface area contributed by atoms with Crippen LogP contribution in [0.15, 0.2) is 18.2 Å². The number of hydrogen-bond acceptors (Lipinski definition) is 5. The zero-order valence-electron chi connectivity index (χ0n) is 13.4. The number of imide groups is 1. The summed E-state index contributed by atoms with van der Waals surface area (Å²) in [5, 5.41) is 13.5. The van der Waals surface area contributed by atoms with Gasteiger partial charge in [0.15, 0.2) is 0 Å². The Hall–Kier alpha value is -1.96. The molecule has 3 amide bonds. The molecule has 1 spiro atoms. The van der Waals surface area contributed by atoms with Crippen molar-refractivity contribution < 1.29 is 19.5 Å². The summed E-state index contributed by atoms with van der Waals surface area (Å²) >= 11 is 6.17. The quantitative estimate of drug-likeness (QED) is 0.643. The first kappa shape index (κ1) is 15.3. The Bertz CT molecular complexity index is 858. The van der Waals surface area contributed by atoms with Gasteiger partial charge in [-0.15, -0.1) is 0 Å². The maximum atomic E-state index is 13.2. The topological polar surface area (TPSA) is 90.0 Å². The van der Waals surface area contributed by atoms with E-state index in [1.54, 1.807) is 18.2 Å². The zero-order valence-corrected chi connectivity index (χ0v) is 14.2. The Kier molecular flexibility index (Phi) is 2.82. The molecular weight excluding hydrogens is 346 g/mol. The first-order chi connectivity index (χ1) is 11.9. The molecule has 3 fully saturated rings. The van der Waals surface area contributed by atoms with Gasteiger partial charge in [-0.05, 0) is 24.6 Å². The van der Waals surface area contributed by atoms with Crippen molar-refractivity contribution in [1.29, 1.82) is 0 Å². The van der Waals surface area contributed by atoms with E-state index in [9.17, 15) is 19.5 Å². The van der Waals surface area contributed by atoms with Gasteiger partial charge in [0.1, 0.15) is 5.54 Å². The number of nitrogens with zero attached hydrogens (tertiary/aromatic N) is 2. The number of rotatable bonds is 0. The smallest absolute Gasteiger partial charge is 0.250 e. The van der Waals surface area contributed by atoms with Gasteiger partial charge in [0, 0.05) is 35.9 Å². The van der Waals surface area contributed by atoms with E-state index >= 15 is 0 Å². The highest BCUT2D eigenvalue weighted by molar-refractivity contribution is 6.31. The number of benzene rings is 1. The van der Waals surface area contributed by atoms with Crippen LogP contribution in [-0.4, -0.2) is 58.4 Å². The van der Waals surface area contributed by atoms with Crippen LogP contribution in [-0.2, 0) is 19.9 Å². The number of hydrogen-bond donors (Lipinski definition) is 2. The molecule has 4 aliphatic heterocycles. The van der Waals surface area contributed by atoms with E-state index in [0.717, 1.165) is 4.90 Å². The largest absolute Gasteiger partial charge is 0.392 e. The van der Waals surface area contributed by atoms with Crippen molar-refractivity contribution in [2.75, 3.05) is 18.9 Å². The highest BCUT2D eigenvalue weighted by atomic mass is 35.5. The summed E-state index contributed by atoms with van der Waals surface area (Å²) < 4.78 is 0. The van der Waals surface area contributed by atoms with Crippen molar-refractivity contribution in [3.8, 4) is 0 Å². The molecule has 5 rings (SSSR count). The minimum absolute atomic E-state index is 0.251. The summed E-state index contributed by atoms with van der Waals surface area (Å²) in [6, 6.07) is 4.74. The molecule has 130 valence electrons. The number of fused-ring (bicyclic) bond motifs is 7. The van der Waals surface area contributed by atoms with Crippen LogP contribution in [0.25, 0.3) is 0 Å². The number of nitrogens with one attached hydrogen (secondary N) is 1. The molecule has 4 heterocycles. The van der Waals surface area contributed by atoms with Crippen LogP contribution >= 0.6 is 11.6 Å². The van der Waals surface area contributed by atoms with Gasteiger partial charge in [-0.2, -0.15) is 0 Å². The number of anilines is 1. The third-order valence-electron chi connectivity index (χ3n) is 6.20. The summed E-state index contributed by atoms with van der Waals surface area (Å²) in [7, 11) is 1.46. The highest BCUT2D eigenvalue weighted by Crippen LogP contribution is 2.60. The second-order valence-electron chi connectivity index (χ2n) is 7.26. The second kappa shape index (κ2) is 4.60. The van der Waals surface area contributed by atoms with Crippen molar-refractivity contribution in [3.63, 3.8) is 0 Å². The fraction of sp³-hybridized carbons (Fsp3) is 0.471. The molecule has 1 aromatic rings. The zero-order chi connectivity index (χ0) is 17.7. The molecule has 0 saturated carbocycles. The molecule has 1 aromatic carbocycles. The molecule has 0 aromatic heterocycles. The molecule has 8 heteroatoms. The first-order valence-electron chi connectivity index (χ1n) is 8.25. The maximum Gasteiger partial charge on any atom is 0.250 e. The average Bonchev–Trinajstić information content (AvgIpc) is 3.21. The minimum Gasteiger partial charge on any atom is -0.392 e. The number of aliphatic hydroxyl groups is 1. The molecule has 0 radical (unpaired) electrons. The van der Waals surface area contributed by atoms with Crippen molar-refractivity contribution >= 4 is 35.0 Å². The average molecular weight is 362 g/mol. The summed E-state index contributed by atoms with van der Waals surface area (Å²) in [5.41, 5.74) is -0.0667. The summed E-state index contributed by atoms with van der Waals surface area (Å²) in [6.07, 6.45) is -0.258. The monoisotopic (exact) mass is 361 g/mol. The van der Waals surface area contributed by atoms with Crippen molar-refractivity contribution in [3.05, 3.63) is 28.8 Å². The lowest BCUT2D eigenvalue weighted by Gasteiger charge is -2.36. The lowest BCUT2D eigenvalue weighted by atomic mass is 9.75. The van der Waals surface area contributed by atoms with Crippen LogP contribution in [0.3, 0.4) is 0 Å². The minimum atomic E-state index is -1.29. The maximum absolute atomic E-state index is 13.2. The van der Waals surface area contributed by atoms with Crippen molar-refractivity contribution in [2.24, 2.45) is 11.8 Å². The molecule has 3 saturated heterocycles. The molecule has 4 aliphatic rings. The molecule has 2 N–H and O–H groups in total. The van der Waals surface area contributed by atoms with E-state index in [-0.39, 0.29) is 30.3 Å². The number of aliphatic hydroxyl groups excluding tert-OH is 1. The Morgan fingerprint density at radius 1 is 1.28 bits per heavy atom. The second-order valence-corrected chi connectivity index (χ2v) is 7.70. The number of amides is 3. The number of carbonyl (C=O) groups is 3. The SMILES string of the molecule is CN1C(=O)[C@H]2[C@H]3C[C@H](O)CN3[C@]3(C(=O)Nc4ccc(Cl)cc43)[C@H]2C1=O. The number of halogens is 1. The fourth-order valence-corrected chi connectivity index (χ4v) is 5.48. The molecule has 0 aliphatic carbocycles. The first-order valence-corrected chi connectivity index (χ1v) is 8.63. The van der Waals surface area contributed by atoms with Crippen LogP contribution in [0.4, 0.5) is 5.69 Å². The van der Waals surface area contributed by atoms with E-state index in [1.165, 1.54) is 7.05 Å². The summed E-state index contributed by atoms with van der Waals surface area (Å²) in [4.78, 5) is 41.8. The predicted molar refractivity (Wildman–Crippen MR) is 87.6 cm³/mol. The molecule has 25 heavy (non-hydrogen) atoms. The van der Waals surface area contributed by atoms with Gasteiger partial charge in [-0.3, -0.25) is 24.2 Å². The Balaban J connectivity index is 1.80. The molecule has 0 unspecified atom stereocenters. The van der Waals surface area contributed by atoms with Crippen LogP contribution in [0.5, 0.6) is 0 Å². The Labute approximate surface area is 148 Å². The third-order valence-corrected chi connectivity index (χ3v) is 6.43. The van der Waals surface area contributed by atoms with Gasteiger partial charge in [0.2, 0.25) is 17.7 Å². The molecule has 5 atom stereocenters. The van der Waals surface area contributed by atoms with Gasteiger partial charge < -0.3 is 10.4 Å². The standard InChI is InChI=1S/C17H16ClN3O4/c1-20-14(23)12-11-5-8(22)6-21(11)17(13(12)15(20)24)9-4-7(18)2-3-10(9)19-16(17)25/h2-4,8,11-13,22H,5-6H2,1H3,(H,19,25)/t8-,11+,12-,13+,17-/m0/s1. The van der Waals surface area contributed by atoms with Crippen LogP contribution in [0.1, 0.15) is 12.0 Å². The normalized spacial score (nSPS) is 39.2. The lowest BCUT2D eigenvalue weighted by Crippen LogP contribution is -2.54. The summed E-state index contributed by atoms with van der Waals surface area (Å²) in [5.74, 6) is -2.36. The fourth-order valence-electron chi connectivity index (χ4n) is 5.30. The van der Waals surface area contributed by atoms with E-state index in [0.29, 0.717) is 22.7 Å².